The Bertz CT molecular complexity index is 952. The van der Waals surface area contributed by atoms with Crippen molar-refractivity contribution in [1.82, 2.24) is 9.21 Å². The van der Waals surface area contributed by atoms with Crippen LogP contribution in [0.15, 0.2) is 23.1 Å². The lowest BCUT2D eigenvalue weighted by Gasteiger charge is -2.31. The Kier molecular flexibility index (Phi) is 9.15. The average molecular weight is 497 g/mol. The van der Waals surface area contributed by atoms with Gasteiger partial charge in [0.15, 0.2) is 0 Å². The number of anilines is 2. The van der Waals surface area contributed by atoms with Gasteiger partial charge in [0.1, 0.15) is 0 Å². The van der Waals surface area contributed by atoms with E-state index in [1.165, 1.54) is 4.31 Å². The minimum Gasteiger partial charge on any atom is -0.450 e. The highest BCUT2D eigenvalue weighted by atomic mass is 32.2. The highest BCUT2D eigenvalue weighted by Crippen LogP contribution is 2.31. The van der Waals surface area contributed by atoms with Crippen LogP contribution in [0.25, 0.3) is 0 Å². The second kappa shape index (κ2) is 11.9. The number of ether oxygens (including phenoxy) is 2. The van der Waals surface area contributed by atoms with E-state index in [0.717, 1.165) is 5.69 Å². The number of amides is 2. The molecule has 0 spiro atoms. The lowest BCUT2D eigenvalue weighted by molar-refractivity contribution is -0.121. The number of hydrogen-bond donors (Lipinski definition) is 1. The number of likely N-dealkylation sites (tertiary alicyclic amines) is 1. The Labute approximate surface area is 202 Å². The van der Waals surface area contributed by atoms with E-state index in [-0.39, 0.29) is 22.8 Å². The third kappa shape index (κ3) is 6.00. The van der Waals surface area contributed by atoms with E-state index < -0.39 is 10.0 Å². The second-order valence-electron chi connectivity index (χ2n) is 8.32. The summed E-state index contributed by atoms with van der Waals surface area (Å²) in [4.78, 5) is 28.9. The molecule has 1 aromatic rings. The molecule has 0 aliphatic carbocycles. The number of morpholine rings is 1. The second-order valence-corrected chi connectivity index (χ2v) is 10.3. The van der Waals surface area contributed by atoms with Crippen molar-refractivity contribution in [3.05, 3.63) is 18.2 Å². The zero-order valence-corrected chi connectivity index (χ0v) is 21.1. The van der Waals surface area contributed by atoms with Crippen molar-refractivity contribution in [2.24, 2.45) is 5.92 Å². The SMILES string of the molecule is CCOC(=O)N1CCC(C(=O)Nc2cc(S(=O)(=O)N3CCOCC3)ccc2N(CC)CC)CC1. The third-order valence-corrected chi connectivity index (χ3v) is 8.22. The summed E-state index contributed by atoms with van der Waals surface area (Å²) >= 11 is 0. The molecule has 0 saturated carbocycles. The number of carbonyl (C=O) groups excluding carboxylic acids is 2. The van der Waals surface area contributed by atoms with Crippen molar-refractivity contribution >= 4 is 33.4 Å². The van der Waals surface area contributed by atoms with Crippen LogP contribution in [0.4, 0.5) is 16.2 Å². The molecular weight excluding hydrogens is 460 g/mol. The molecule has 1 N–H and O–H groups in total. The Morgan fingerprint density at radius 1 is 1.09 bits per heavy atom. The number of piperidine rings is 1. The Balaban J connectivity index is 1.80. The van der Waals surface area contributed by atoms with E-state index >= 15 is 0 Å². The molecule has 3 rings (SSSR count). The van der Waals surface area contributed by atoms with E-state index in [1.807, 2.05) is 13.8 Å². The van der Waals surface area contributed by atoms with Crippen LogP contribution in [-0.2, 0) is 24.3 Å². The van der Waals surface area contributed by atoms with E-state index in [9.17, 15) is 18.0 Å². The minimum atomic E-state index is -3.70. The molecule has 2 heterocycles. The molecule has 0 bridgehead atoms. The van der Waals surface area contributed by atoms with Crippen LogP contribution in [0.2, 0.25) is 0 Å². The fourth-order valence-electron chi connectivity index (χ4n) is 4.33. The standard InChI is InChI=1S/C23H36N4O6S/c1-4-25(5-2)21-8-7-19(34(30,31)27-13-15-32-16-14-27)17-20(21)24-22(28)18-9-11-26(12-10-18)23(29)33-6-3/h7-8,17-18H,4-6,9-16H2,1-3H3,(H,24,28). The summed E-state index contributed by atoms with van der Waals surface area (Å²) in [6.45, 7) is 9.78. The number of sulfonamides is 1. The van der Waals surface area contributed by atoms with E-state index in [1.54, 1.807) is 30.0 Å². The summed E-state index contributed by atoms with van der Waals surface area (Å²) in [5, 5.41) is 2.99. The molecule has 2 saturated heterocycles. The molecule has 190 valence electrons. The molecule has 2 aliphatic heterocycles. The van der Waals surface area contributed by atoms with Crippen LogP contribution in [0.3, 0.4) is 0 Å². The van der Waals surface area contributed by atoms with Gasteiger partial charge in [0.25, 0.3) is 0 Å². The molecule has 10 nitrogen and oxygen atoms in total. The molecule has 2 fully saturated rings. The monoisotopic (exact) mass is 496 g/mol. The predicted octanol–water partition coefficient (Wildman–Crippen LogP) is 2.36. The van der Waals surface area contributed by atoms with E-state index in [2.05, 4.69) is 10.2 Å². The van der Waals surface area contributed by atoms with Crippen molar-refractivity contribution < 1.29 is 27.5 Å². The zero-order valence-electron chi connectivity index (χ0n) is 20.3. The van der Waals surface area contributed by atoms with Gasteiger partial charge in [-0.2, -0.15) is 4.31 Å². The highest BCUT2D eigenvalue weighted by molar-refractivity contribution is 7.89. The molecule has 2 amide bonds. The highest BCUT2D eigenvalue weighted by Gasteiger charge is 2.30. The van der Waals surface area contributed by atoms with Crippen LogP contribution >= 0.6 is 0 Å². The van der Waals surface area contributed by atoms with Gasteiger partial charge in [-0.15, -0.1) is 0 Å². The van der Waals surface area contributed by atoms with Gasteiger partial charge in [-0.25, -0.2) is 13.2 Å². The first-order valence-electron chi connectivity index (χ1n) is 12.0. The average Bonchev–Trinajstić information content (AvgIpc) is 2.86. The smallest absolute Gasteiger partial charge is 0.409 e. The van der Waals surface area contributed by atoms with Gasteiger partial charge < -0.3 is 24.6 Å². The summed E-state index contributed by atoms with van der Waals surface area (Å²) in [7, 11) is -3.70. The summed E-state index contributed by atoms with van der Waals surface area (Å²) in [5.74, 6) is -0.437. The van der Waals surface area contributed by atoms with Crippen molar-refractivity contribution in [3.63, 3.8) is 0 Å². The molecule has 1 aromatic carbocycles. The lowest BCUT2D eigenvalue weighted by Crippen LogP contribution is -2.42. The Morgan fingerprint density at radius 3 is 2.32 bits per heavy atom. The molecule has 0 unspecified atom stereocenters. The van der Waals surface area contributed by atoms with Crippen LogP contribution in [0, 0.1) is 5.92 Å². The molecule has 34 heavy (non-hydrogen) atoms. The molecule has 11 heteroatoms. The summed E-state index contributed by atoms with van der Waals surface area (Å²) < 4.78 is 38.1. The van der Waals surface area contributed by atoms with Crippen molar-refractivity contribution in [2.75, 3.05) is 69.3 Å². The van der Waals surface area contributed by atoms with Crippen LogP contribution < -0.4 is 10.2 Å². The maximum atomic E-state index is 13.2. The van der Waals surface area contributed by atoms with Crippen molar-refractivity contribution in [2.45, 2.75) is 38.5 Å². The first-order chi connectivity index (χ1) is 16.3. The normalized spacial score (nSPS) is 17.9. The quantitative estimate of drug-likeness (QED) is 0.589. The summed E-state index contributed by atoms with van der Waals surface area (Å²) in [6, 6.07) is 4.93. The number of nitrogens with one attached hydrogen (secondary N) is 1. The van der Waals surface area contributed by atoms with Gasteiger partial charge in [-0.3, -0.25) is 4.79 Å². The third-order valence-electron chi connectivity index (χ3n) is 6.33. The topological polar surface area (TPSA) is 108 Å². The van der Waals surface area contributed by atoms with Crippen LogP contribution in [-0.4, -0.2) is 88.7 Å². The number of hydrogen-bond acceptors (Lipinski definition) is 7. The molecular formula is C23H36N4O6S. The first-order valence-corrected chi connectivity index (χ1v) is 13.4. The maximum Gasteiger partial charge on any atom is 0.409 e. The largest absolute Gasteiger partial charge is 0.450 e. The van der Waals surface area contributed by atoms with Gasteiger partial charge in [-0.1, -0.05) is 0 Å². The first kappa shape index (κ1) is 26.2. The van der Waals surface area contributed by atoms with Gasteiger partial charge in [-0.05, 0) is 51.8 Å². The molecule has 0 aromatic heterocycles. The van der Waals surface area contributed by atoms with Crippen molar-refractivity contribution in [1.29, 1.82) is 0 Å². The van der Waals surface area contributed by atoms with Gasteiger partial charge in [0.05, 0.1) is 36.1 Å². The van der Waals surface area contributed by atoms with Crippen LogP contribution in [0.5, 0.6) is 0 Å². The molecule has 2 aliphatic rings. The molecule has 0 atom stereocenters. The number of benzene rings is 1. The van der Waals surface area contributed by atoms with Gasteiger partial charge in [0, 0.05) is 45.2 Å². The zero-order chi connectivity index (χ0) is 24.7. The van der Waals surface area contributed by atoms with Crippen molar-refractivity contribution in [3.8, 4) is 0 Å². The van der Waals surface area contributed by atoms with E-state index in [4.69, 9.17) is 9.47 Å². The Morgan fingerprint density at radius 2 is 1.74 bits per heavy atom. The van der Waals surface area contributed by atoms with E-state index in [0.29, 0.717) is 77.6 Å². The lowest BCUT2D eigenvalue weighted by atomic mass is 9.96. The maximum absolute atomic E-state index is 13.2. The summed E-state index contributed by atoms with van der Waals surface area (Å²) in [6.07, 6.45) is 0.694. The summed E-state index contributed by atoms with van der Waals surface area (Å²) in [5.41, 5.74) is 1.26. The number of carbonyl (C=O) groups is 2. The molecule has 0 radical (unpaired) electrons. The minimum absolute atomic E-state index is 0.151. The van der Waals surface area contributed by atoms with Crippen LogP contribution in [0.1, 0.15) is 33.6 Å². The van der Waals surface area contributed by atoms with Gasteiger partial charge in [0.2, 0.25) is 15.9 Å². The fourth-order valence-corrected chi connectivity index (χ4v) is 5.76. The fraction of sp³-hybridized carbons (Fsp3) is 0.652. The Hall–Kier alpha value is -2.37. The van der Waals surface area contributed by atoms with Gasteiger partial charge >= 0.3 is 6.09 Å². The number of nitrogens with zero attached hydrogens (tertiary/aromatic N) is 3. The predicted molar refractivity (Wildman–Crippen MR) is 130 cm³/mol. The number of rotatable bonds is 8.